The van der Waals surface area contributed by atoms with Crippen LogP contribution in [0.5, 0.6) is 0 Å². The van der Waals surface area contributed by atoms with E-state index in [4.69, 9.17) is 14.6 Å². The van der Waals surface area contributed by atoms with Gasteiger partial charge in [0.15, 0.2) is 5.82 Å². The van der Waals surface area contributed by atoms with Crippen molar-refractivity contribution in [1.29, 1.82) is 0 Å². The van der Waals surface area contributed by atoms with Gasteiger partial charge in [-0.05, 0) is 19.3 Å². The van der Waals surface area contributed by atoms with Crippen LogP contribution in [0.25, 0.3) is 11.4 Å². The van der Waals surface area contributed by atoms with Crippen molar-refractivity contribution in [3.05, 3.63) is 30.3 Å². The molecule has 0 amide bonds. The van der Waals surface area contributed by atoms with Gasteiger partial charge in [0.05, 0.1) is 6.54 Å². The summed E-state index contributed by atoms with van der Waals surface area (Å²) in [5.41, 5.74) is 0.836. The zero-order chi connectivity index (χ0) is 27.8. The van der Waals surface area contributed by atoms with E-state index in [0.29, 0.717) is 43.1 Å². The lowest BCUT2D eigenvalue weighted by Gasteiger charge is -2.30. The van der Waals surface area contributed by atoms with E-state index < -0.39 is 30.5 Å². The van der Waals surface area contributed by atoms with Crippen LogP contribution in [0.2, 0.25) is 0 Å². The summed E-state index contributed by atoms with van der Waals surface area (Å²) in [5.74, 6) is -4.08. The Morgan fingerprint density at radius 3 is 2.37 bits per heavy atom. The van der Waals surface area contributed by atoms with Crippen LogP contribution in [0.1, 0.15) is 26.2 Å². The first-order valence-electron chi connectivity index (χ1n) is 12.1. The van der Waals surface area contributed by atoms with Crippen LogP contribution in [-0.2, 0) is 9.53 Å². The second-order valence-corrected chi connectivity index (χ2v) is 10.5. The van der Waals surface area contributed by atoms with Crippen LogP contribution in [0.3, 0.4) is 0 Å². The van der Waals surface area contributed by atoms with Gasteiger partial charge in [0.1, 0.15) is 0 Å². The molecule has 2 aliphatic rings. The van der Waals surface area contributed by atoms with Gasteiger partial charge in [-0.15, -0.1) is 0 Å². The maximum atomic E-state index is 14.8. The molecule has 4 rings (SSSR count). The number of thioether (sulfide) groups is 1. The number of carboxylic acids is 1. The molecule has 1 aromatic carbocycles. The average molecular weight is 564 g/mol. The van der Waals surface area contributed by atoms with Crippen LogP contribution in [-0.4, -0.2) is 82.0 Å². The molecule has 0 aliphatic carbocycles. The van der Waals surface area contributed by atoms with Crippen LogP contribution >= 0.6 is 11.8 Å². The molecular weight excluding hydrogens is 533 g/mol. The molecule has 2 N–H and O–H groups in total. The van der Waals surface area contributed by atoms with Gasteiger partial charge in [0.25, 0.3) is 5.92 Å². The quantitative estimate of drug-likeness (QED) is 0.472. The number of carbonyl (C=O) groups is 1. The Hall–Kier alpha value is -2.74. The molecule has 2 saturated heterocycles. The number of aliphatic carboxylic acids is 1. The van der Waals surface area contributed by atoms with Crippen molar-refractivity contribution >= 4 is 29.6 Å². The first-order valence-corrected chi connectivity index (χ1v) is 13.2. The zero-order valence-electron chi connectivity index (χ0n) is 20.8. The molecule has 2 aromatic rings. The van der Waals surface area contributed by atoms with Gasteiger partial charge in [0.2, 0.25) is 11.9 Å². The van der Waals surface area contributed by atoms with E-state index in [1.165, 1.54) is 0 Å². The number of benzene rings is 1. The SMILES string of the molecule is CC1CCN(c2nc(NCC(F)(F)C3CCOCC3)nc(-c3ccccc3)n2)CCS1.O=C(O)C(F)(F)F. The number of carboxylic acid groups (broad SMARTS) is 1. The molecule has 2 aliphatic heterocycles. The molecule has 0 bridgehead atoms. The van der Waals surface area contributed by atoms with Gasteiger partial charge in [-0.2, -0.15) is 39.9 Å². The van der Waals surface area contributed by atoms with E-state index in [1.54, 1.807) is 0 Å². The van der Waals surface area contributed by atoms with Crippen molar-refractivity contribution in [3.63, 3.8) is 0 Å². The highest BCUT2D eigenvalue weighted by Crippen LogP contribution is 2.33. The number of nitrogens with zero attached hydrogens (tertiary/aromatic N) is 4. The van der Waals surface area contributed by atoms with Crippen LogP contribution < -0.4 is 10.2 Å². The third-order valence-corrected chi connectivity index (χ3v) is 7.27. The van der Waals surface area contributed by atoms with Gasteiger partial charge in [-0.1, -0.05) is 37.3 Å². The van der Waals surface area contributed by atoms with E-state index in [0.717, 1.165) is 30.8 Å². The number of hydrogen-bond donors (Lipinski definition) is 2. The Balaban J connectivity index is 0.000000505. The fourth-order valence-electron chi connectivity index (χ4n) is 3.86. The lowest BCUT2D eigenvalue weighted by Crippen LogP contribution is -2.39. The summed E-state index contributed by atoms with van der Waals surface area (Å²) < 4.78 is 66.5. The smallest absolute Gasteiger partial charge is 0.475 e. The minimum absolute atomic E-state index is 0.195. The predicted molar refractivity (Wildman–Crippen MR) is 135 cm³/mol. The largest absolute Gasteiger partial charge is 0.490 e. The monoisotopic (exact) mass is 563 g/mol. The molecule has 1 aromatic heterocycles. The summed E-state index contributed by atoms with van der Waals surface area (Å²) in [4.78, 5) is 24.7. The number of nitrogens with one attached hydrogen (secondary N) is 1. The summed E-state index contributed by atoms with van der Waals surface area (Å²) >= 11 is 1.93. The standard InChI is InChI=1S/C22H29F2N5OS.C2HF3O2/c1-16-7-10-29(11-14-31-16)21-27-19(17-5-3-2-4-6-17)26-20(28-21)25-15-22(23,24)18-8-12-30-13-9-18;3-2(4,5)1(6)7/h2-6,16,18H,7-15H2,1H3,(H,25,26,27,28);(H,6,7). The maximum Gasteiger partial charge on any atom is 0.490 e. The Kier molecular flexibility index (Phi) is 10.5. The molecular formula is C24H30F5N5O3S. The molecule has 0 spiro atoms. The van der Waals surface area contributed by atoms with E-state index in [-0.39, 0.29) is 5.95 Å². The number of rotatable bonds is 6. The Morgan fingerprint density at radius 2 is 1.74 bits per heavy atom. The lowest BCUT2D eigenvalue weighted by atomic mass is 9.93. The number of aromatic nitrogens is 3. The second kappa shape index (κ2) is 13.4. The van der Waals surface area contributed by atoms with Crippen molar-refractivity contribution in [2.24, 2.45) is 5.92 Å². The molecule has 1 atom stereocenters. The second-order valence-electron chi connectivity index (χ2n) is 8.91. The number of hydrogen-bond acceptors (Lipinski definition) is 8. The summed E-state index contributed by atoms with van der Waals surface area (Å²) in [6.07, 6.45) is -3.31. The van der Waals surface area contributed by atoms with Crippen LogP contribution in [0.15, 0.2) is 30.3 Å². The highest BCUT2D eigenvalue weighted by atomic mass is 32.2. The minimum Gasteiger partial charge on any atom is -0.475 e. The molecule has 3 heterocycles. The lowest BCUT2D eigenvalue weighted by molar-refractivity contribution is -0.192. The third-order valence-electron chi connectivity index (χ3n) is 6.05. The van der Waals surface area contributed by atoms with Gasteiger partial charge < -0.3 is 20.1 Å². The van der Waals surface area contributed by atoms with Crippen molar-refractivity contribution in [2.75, 3.05) is 48.8 Å². The summed E-state index contributed by atoms with van der Waals surface area (Å²) in [5, 5.41) is 10.5. The zero-order valence-corrected chi connectivity index (χ0v) is 21.6. The Labute approximate surface area is 221 Å². The Bertz CT molecular complexity index is 1040. The van der Waals surface area contributed by atoms with Crippen molar-refractivity contribution in [2.45, 2.75) is 43.5 Å². The molecule has 14 heteroatoms. The van der Waals surface area contributed by atoms with Crippen molar-refractivity contribution in [3.8, 4) is 11.4 Å². The number of anilines is 2. The average Bonchev–Trinajstić information content (AvgIpc) is 3.12. The minimum atomic E-state index is -5.08. The fraction of sp³-hybridized carbons (Fsp3) is 0.583. The topological polar surface area (TPSA) is 100 Å². The summed E-state index contributed by atoms with van der Waals surface area (Å²) in [6.45, 7) is 4.17. The van der Waals surface area contributed by atoms with Crippen molar-refractivity contribution < 1.29 is 36.6 Å². The summed E-state index contributed by atoms with van der Waals surface area (Å²) in [7, 11) is 0. The van der Waals surface area contributed by atoms with Gasteiger partial charge in [-0.25, -0.2) is 13.6 Å². The van der Waals surface area contributed by atoms with Gasteiger partial charge in [0, 0.05) is 48.8 Å². The number of halogens is 5. The van der Waals surface area contributed by atoms with E-state index in [1.807, 2.05) is 42.1 Å². The third kappa shape index (κ3) is 8.93. The normalized spacial score (nSPS) is 19.2. The molecule has 8 nitrogen and oxygen atoms in total. The molecule has 1 unspecified atom stereocenters. The van der Waals surface area contributed by atoms with Crippen molar-refractivity contribution in [1.82, 2.24) is 15.0 Å². The van der Waals surface area contributed by atoms with Gasteiger partial charge in [-0.3, -0.25) is 0 Å². The van der Waals surface area contributed by atoms with Crippen LogP contribution in [0, 0.1) is 5.92 Å². The predicted octanol–water partition coefficient (Wildman–Crippen LogP) is 4.98. The van der Waals surface area contributed by atoms with E-state index >= 15 is 0 Å². The molecule has 0 radical (unpaired) electrons. The number of ether oxygens (including phenoxy) is 1. The highest BCUT2D eigenvalue weighted by Gasteiger charge is 2.40. The first kappa shape index (κ1) is 29.8. The molecule has 38 heavy (non-hydrogen) atoms. The van der Waals surface area contributed by atoms with E-state index in [2.05, 4.69) is 32.1 Å². The van der Waals surface area contributed by atoms with Crippen LogP contribution in [0.4, 0.5) is 33.8 Å². The first-order chi connectivity index (χ1) is 18.0. The summed E-state index contributed by atoms with van der Waals surface area (Å²) in [6, 6.07) is 9.58. The maximum absolute atomic E-state index is 14.8. The highest BCUT2D eigenvalue weighted by molar-refractivity contribution is 7.99. The molecule has 2 fully saturated rings. The number of alkyl halides is 5. The van der Waals surface area contributed by atoms with E-state index in [9.17, 15) is 22.0 Å². The molecule has 0 saturated carbocycles. The fourth-order valence-corrected chi connectivity index (χ4v) is 4.86. The Morgan fingerprint density at radius 1 is 1.08 bits per heavy atom. The molecule has 210 valence electrons. The van der Waals surface area contributed by atoms with Gasteiger partial charge >= 0.3 is 12.1 Å².